The van der Waals surface area contributed by atoms with Gasteiger partial charge in [-0.1, -0.05) is 42.5 Å². The number of halogens is 1. The first-order chi connectivity index (χ1) is 14.5. The van der Waals surface area contributed by atoms with Crippen LogP contribution >= 0.6 is 24.0 Å². The lowest BCUT2D eigenvalue weighted by molar-refractivity contribution is -0.116. The standard InChI is InChI=1S/C24H32N4O2.HI/c1-4-25-24(26-14-18-9-11-19(12-10-18)16-30-17(2)3)27-15-20-13-23(29)28-22-8-6-5-7-21(20)22;/h5-12,17,20H,4,13-16H2,1-3H3,(H,28,29)(H2,25,26,27);1H. The number of benzene rings is 2. The van der Waals surface area contributed by atoms with Crippen LogP contribution in [0, 0.1) is 0 Å². The Labute approximate surface area is 202 Å². The molecule has 1 aliphatic rings. The molecule has 1 aliphatic heterocycles. The predicted molar refractivity (Wildman–Crippen MR) is 137 cm³/mol. The maximum absolute atomic E-state index is 12.0. The molecular weight excluding hydrogens is 503 g/mol. The Balaban J connectivity index is 0.00000341. The van der Waals surface area contributed by atoms with Gasteiger partial charge in [-0.25, -0.2) is 4.99 Å². The number of para-hydroxylation sites is 1. The number of amides is 1. The zero-order valence-electron chi connectivity index (χ0n) is 18.5. The number of fused-ring (bicyclic) bond motifs is 1. The lowest BCUT2D eigenvalue weighted by Crippen LogP contribution is -2.40. The molecular formula is C24H33IN4O2. The SMILES string of the molecule is CCNC(=NCc1ccc(COC(C)C)cc1)NCC1CC(=O)Nc2ccccc21.I. The lowest BCUT2D eigenvalue weighted by Gasteiger charge is -2.26. The highest BCUT2D eigenvalue weighted by Gasteiger charge is 2.24. The Morgan fingerprint density at radius 3 is 2.55 bits per heavy atom. The molecule has 3 rings (SSSR count). The third-order valence-electron chi connectivity index (χ3n) is 4.99. The summed E-state index contributed by atoms with van der Waals surface area (Å²) in [7, 11) is 0. The average Bonchev–Trinajstić information content (AvgIpc) is 2.74. The minimum atomic E-state index is 0. The van der Waals surface area contributed by atoms with Crippen molar-refractivity contribution in [2.45, 2.75) is 52.4 Å². The van der Waals surface area contributed by atoms with E-state index in [4.69, 9.17) is 9.73 Å². The summed E-state index contributed by atoms with van der Waals surface area (Å²) in [6.45, 7) is 8.77. The van der Waals surface area contributed by atoms with Crippen LogP contribution < -0.4 is 16.0 Å². The Hall–Kier alpha value is -2.13. The van der Waals surface area contributed by atoms with E-state index >= 15 is 0 Å². The van der Waals surface area contributed by atoms with Crippen molar-refractivity contribution in [1.82, 2.24) is 10.6 Å². The maximum atomic E-state index is 12.0. The largest absolute Gasteiger partial charge is 0.374 e. The highest BCUT2D eigenvalue weighted by atomic mass is 127. The first-order valence-electron chi connectivity index (χ1n) is 10.7. The molecule has 1 amide bonds. The molecule has 0 aliphatic carbocycles. The van der Waals surface area contributed by atoms with Crippen LogP contribution in [0.2, 0.25) is 0 Å². The van der Waals surface area contributed by atoms with Crippen LogP contribution in [-0.4, -0.2) is 31.1 Å². The summed E-state index contributed by atoms with van der Waals surface area (Å²) >= 11 is 0. The Morgan fingerprint density at radius 1 is 1.13 bits per heavy atom. The van der Waals surface area contributed by atoms with Crippen LogP contribution in [0.1, 0.15) is 49.8 Å². The van der Waals surface area contributed by atoms with Gasteiger partial charge in [0.05, 0.1) is 19.3 Å². The lowest BCUT2D eigenvalue weighted by atomic mass is 9.90. The summed E-state index contributed by atoms with van der Waals surface area (Å²) in [4.78, 5) is 16.7. The highest BCUT2D eigenvalue weighted by molar-refractivity contribution is 14.0. The van der Waals surface area contributed by atoms with Crippen LogP contribution in [0.3, 0.4) is 0 Å². The Morgan fingerprint density at radius 2 is 1.84 bits per heavy atom. The molecule has 1 atom stereocenters. The monoisotopic (exact) mass is 536 g/mol. The van der Waals surface area contributed by atoms with E-state index in [0.717, 1.165) is 29.3 Å². The Bertz CT molecular complexity index is 868. The van der Waals surface area contributed by atoms with Crippen LogP contribution in [0.5, 0.6) is 0 Å². The summed E-state index contributed by atoms with van der Waals surface area (Å²) in [6.07, 6.45) is 0.703. The molecule has 168 valence electrons. The molecule has 0 saturated heterocycles. The molecule has 0 fully saturated rings. The smallest absolute Gasteiger partial charge is 0.225 e. The van der Waals surface area contributed by atoms with Crippen molar-refractivity contribution in [3.8, 4) is 0 Å². The van der Waals surface area contributed by atoms with Crippen LogP contribution in [-0.2, 0) is 22.7 Å². The average molecular weight is 536 g/mol. The molecule has 0 radical (unpaired) electrons. The summed E-state index contributed by atoms with van der Waals surface area (Å²) in [5, 5.41) is 9.64. The van der Waals surface area contributed by atoms with Crippen LogP contribution in [0.25, 0.3) is 0 Å². The fourth-order valence-electron chi connectivity index (χ4n) is 3.42. The van der Waals surface area contributed by atoms with E-state index in [0.29, 0.717) is 26.1 Å². The van der Waals surface area contributed by atoms with Crippen molar-refractivity contribution in [2.75, 3.05) is 18.4 Å². The van der Waals surface area contributed by atoms with Crippen LogP contribution in [0.15, 0.2) is 53.5 Å². The molecule has 0 spiro atoms. The number of hydrogen-bond donors (Lipinski definition) is 3. The molecule has 2 aromatic carbocycles. The second-order valence-corrected chi connectivity index (χ2v) is 7.79. The normalized spacial score (nSPS) is 15.7. The van der Waals surface area contributed by atoms with Gasteiger partial charge in [0.1, 0.15) is 0 Å². The van der Waals surface area contributed by atoms with Crippen molar-refractivity contribution < 1.29 is 9.53 Å². The second kappa shape index (κ2) is 12.7. The van der Waals surface area contributed by atoms with Gasteiger partial charge < -0.3 is 20.7 Å². The van der Waals surface area contributed by atoms with Gasteiger partial charge in [0.15, 0.2) is 5.96 Å². The first kappa shape index (κ1) is 25.1. The van der Waals surface area contributed by atoms with Crippen molar-refractivity contribution in [3.05, 3.63) is 65.2 Å². The first-order valence-corrected chi connectivity index (χ1v) is 10.7. The zero-order valence-corrected chi connectivity index (χ0v) is 20.8. The van der Waals surface area contributed by atoms with Crippen molar-refractivity contribution in [1.29, 1.82) is 0 Å². The number of carbonyl (C=O) groups is 1. The van der Waals surface area contributed by atoms with Crippen LogP contribution in [0.4, 0.5) is 5.69 Å². The van der Waals surface area contributed by atoms with Gasteiger partial charge in [-0.3, -0.25) is 4.79 Å². The van der Waals surface area contributed by atoms with Gasteiger partial charge in [-0.05, 0) is 43.5 Å². The van der Waals surface area contributed by atoms with Gasteiger partial charge in [0, 0.05) is 31.1 Å². The molecule has 31 heavy (non-hydrogen) atoms. The molecule has 6 nitrogen and oxygen atoms in total. The minimum absolute atomic E-state index is 0. The third-order valence-corrected chi connectivity index (χ3v) is 4.99. The predicted octanol–water partition coefficient (Wildman–Crippen LogP) is 4.41. The molecule has 3 N–H and O–H groups in total. The maximum Gasteiger partial charge on any atom is 0.225 e. The topological polar surface area (TPSA) is 74.8 Å². The fraction of sp³-hybridized carbons (Fsp3) is 0.417. The second-order valence-electron chi connectivity index (χ2n) is 7.79. The number of rotatable bonds is 8. The van der Waals surface area contributed by atoms with Gasteiger partial charge in [-0.15, -0.1) is 24.0 Å². The summed E-state index contributed by atoms with van der Waals surface area (Å²) in [5.74, 6) is 0.941. The van der Waals surface area contributed by atoms with E-state index in [-0.39, 0.29) is 41.9 Å². The van der Waals surface area contributed by atoms with Gasteiger partial charge in [0.2, 0.25) is 5.91 Å². The quantitative estimate of drug-likeness (QED) is 0.266. The molecule has 2 aromatic rings. The van der Waals surface area contributed by atoms with E-state index < -0.39 is 0 Å². The molecule has 0 bridgehead atoms. The van der Waals surface area contributed by atoms with E-state index in [9.17, 15) is 4.79 Å². The van der Waals surface area contributed by atoms with Gasteiger partial charge >= 0.3 is 0 Å². The number of ether oxygens (including phenoxy) is 1. The molecule has 1 unspecified atom stereocenters. The third kappa shape index (κ3) is 7.81. The zero-order chi connectivity index (χ0) is 21.3. The minimum Gasteiger partial charge on any atom is -0.374 e. The van der Waals surface area contributed by atoms with Gasteiger partial charge in [-0.2, -0.15) is 0 Å². The summed E-state index contributed by atoms with van der Waals surface area (Å²) < 4.78 is 5.64. The van der Waals surface area contributed by atoms with E-state index in [2.05, 4.69) is 46.3 Å². The highest BCUT2D eigenvalue weighted by Crippen LogP contribution is 2.31. The number of carbonyl (C=O) groups excluding carboxylic acids is 1. The number of guanidine groups is 1. The molecule has 0 aromatic heterocycles. The number of aliphatic imine (C=N–C) groups is 1. The van der Waals surface area contributed by atoms with Gasteiger partial charge in [0.25, 0.3) is 0 Å². The van der Waals surface area contributed by atoms with Crippen molar-refractivity contribution in [2.24, 2.45) is 4.99 Å². The Kier molecular flexibility index (Phi) is 10.3. The van der Waals surface area contributed by atoms with E-state index in [1.54, 1.807) is 0 Å². The van der Waals surface area contributed by atoms with Crippen molar-refractivity contribution >= 4 is 41.5 Å². The number of anilines is 1. The summed E-state index contributed by atoms with van der Waals surface area (Å²) in [6, 6.07) is 16.3. The van der Waals surface area contributed by atoms with E-state index in [1.165, 1.54) is 5.56 Å². The fourth-order valence-corrected chi connectivity index (χ4v) is 3.42. The van der Waals surface area contributed by atoms with Crippen molar-refractivity contribution in [3.63, 3.8) is 0 Å². The number of nitrogens with one attached hydrogen (secondary N) is 3. The molecule has 7 heteroatoms. The molecule has 0 saturated carbocycles. The van der Waals surface area contributed by atoms with E-state index in [1.807, 2.05) is 39.0 Å². The summed E-state index contributed by atoms with van der Waals surface area (Å²) in [5.41, 5.74) is 4.38. The number of nitrogens with zero attached hydrogens (tertiary/aromatic N) is 1. The molecule has 1 heterocycles. The number of hydrogen-bond acceptors (Lipinski definition) is 3.